The summed E-state index contributed by atoms with van der Waals surface area (Å²) in [5.41, 5.74) is -0.726. The number of pyridine rings is 1. The van der Waals surface area contributed by atoms with Crippen molar-refractivity contribution in [3.05, 3.63) is 29.3 Å². The van der Waals surface area contributed by atoms with Gasteiger partial charge in [-0.3, -0.25) is 4.90 Å². The van der Waals surface area contributed by atoms with Crippen LogP contribution in [0.3, 0.4) is 0 Å². The fourth-order valence-corrected chi connectivity index (χ4v) is 5.72. The molecule has 2 bridgehead atoms. The van der Waals surface area contributed by atoms with Gasteiger partial charge in [-0.25, -0.2) is 18.2 Å². The highest BCUT2D eigenvalue weighted by Gasteiger charge is 2.57. The third-order valence-electron chi connectivity index (χ3n) is 6.96. The third-order valence-corrected chi connectivity index (χ3v) is 7.22. The maximum absolute atomic E-state index is 14.9. The molecule has 4 aliphatic heterocycles. The van der Waals surface area contributed by atoms with E-state index in [0.717, 1.165) is 6.42 Å². The normalized spacial score (nSPS) is 30.9. The molecule has 2 aromatic heterocycles. The number of hydrogen-bond donors (Lipinski definition) is 1. The van der Waals surface area contributed by atoms with Crippen molar-refractivity contribution >= 4 is 28.3 Å². The van der Waals surface area contributed by atoms with Crippen molar-refractivity contribution < 1.29 is 17.9 Å². The highest BCUT2D eigenvalue weighted by molar-refractivity contribution is 6.30. The van der Waals surface area contributed by atoms with E-state index in [-0.39, 0.29) is 48.3 Å². The number of piperazine rings is 1. The Bertz CT molecular complexity index is 1100. The van der Waals surface area contributed by atoms with E-state index in [1.807, 2.05) is 4.90 Å². The average Bonchev–Trinajstić information content (AvgIpc) is 3.37. The molecule has 0 amide bonds. The smallest absolute Gasteiger partial charge is 0.319 e. The number of nitrogens with one attached hydrogen (secondary N) is 1. The van der Waals surface area contributed by atoms with E-state index < -0.39 is 17.3 Å². The van der Waals surface area contributed by atoms with Crippen molar-refractivity contribution in [2.45, 2.75) is 42.8 Å². The lowest BCUT2D eigenvalue weighted by atomic mass is 9.94. The van der Waals surface area contributed by atoms with E-state index in [4.69, 9.17) is 16.3 Å². The molecule has 170 valence electrons. The van der Waals surface area contributed by atoms with Crippen molar-refractivity contribution in [2.75, 3.05) is 37.7 Å². The lowest BCUT2D eigenvalue weighted by Gasteiger charge is -2.34. The molecule has 0 aromatic carbocycles. The first kappa shape index (κ1) is 20.4. The molecule has 0 radical (unpaired) electrons. The molecule has 0 spiro atoms. The fraction of sp³-hybridized carbons (Fsp3) is 0.571. The van der Waals surface area contributed by atoms with Crippen LogP contribution in [0.2, 0.25) is 5.15 Å². The van der Waals surface area contributed by atoms with Gasteiger partial charge in [0, 0.05) is 37.8 Å². The monoisotopic (exact) mass is 466 g/mol. The van der Waals surface area contributed by atoms with Crippen LogP contribution in [0.25, 0.3) is 10.9 Å². The Morgan fingerprint density at radius 2 is 2.00 bits per heavy atom. The maximum atomic E-state index is 14.9. The molecule has 11 heteroatoms. The predicted molar refractivity (Wildman–Crippen MR) is 113 cm³/mol. The number of nitrogens with zero attached hydrogens (tertiary/aromatic N) is 5. The molecule has 32 heavy (non-hydrogen) atoms. The second kappa shape index (κ2) is 7.16. The minimum Gasteiger partial charge on any atom is -0.461 e. The van der Waals surface area contributed by atoms with E-state index in [0.29, 0.717) is 37.3 Å². The summed E-state index contributed by atoms with van der Waals surface area (Å²) in [6, 6.07) is 0.295. The number of aromatic nitrogens is 3. The largest absolute Gasteiger partial charge is 0.461 e. The highest BCUT2D eigenvalue weighted by Crippen LogP contribution is 2.46. The van der Waals surface area contributed by atoms with Crippen molar-refractivity contribution in [1.82, 2.24) is 25.2 Å². The van der Waals surface area contributed by atoms with E-state index in [9.17, 15) is 13.2 Å². The molecule has 3 fully saturated rings. The zero-order chi connectivity index (χ0) is 22.1. The molecular weight excluding hydrogens is 445 g/mol. The summed E-state index contributed by atoms with van der Waals surface area (Å²) in [6.07, 6.45) is 6.89. The van der Waals surface area contributed by atoms with Gasteiger partial charge < -0.3 is 15.0 Å². The summed E-state index contributed by atoms with van der Waals surface area (Å²) >= 11 is 5.91. The number of anilines is 1. The molecule has 3 saturated heterocycles. The minimum absolute atomic E-state index is 0.0152. The van der Waals surface area contributed by atoms with Crippen molar-refractivity contribution in [3.63, 3.8) is 0 Å². The number of rotatable bonds is 4. The molecule has 4 aliphatic rings. The van der Waals surface area contributed by atoms with Crippen LogP contribution in [0.5, 0.6) is 6.01 Å². The van der Waals surface area contributed by atoms with Crippen LogP contribution in [-0.2, 0) is 0 Å². The van der Waals surface area contributed by atoms with Gasteiger partial charge in [-0.1, -0.05) is 23.8 Å². The SMILES string of the molecule is Fc1c(Cl)ncc2c(N3C[C@H]4C=C[C@@H](C3)N4)nc(OCC34CCCN3CC(F)(F)C4)nc12. The van der Waals surface area contributed by atoms with E-state index in [1.165, 1.54) is 6.20 Å². The van der Waals surface area contributed by atoms with Gasteiger partial charge >= 0.3 is 6.01 Å². The van der Waals surface area contributed by atoms with E-state index in [2.05, 4.69) is 32.4 Å². The third kappa shape index (κ3) is 3.31. The molecule has 1 N–H and O–H groups in total. The van der Waals surface area contributed by atoms with Gasteiger partial charge in [0.15, 0.2) is 11.0 Å². The highest BCUT2D eigenvalue weighted by atomic mass is 35.5. The van der Waals surface area contributed by atoms with E-state index in [1.54, 1.807) is 4.90 Å². The number of fused-ring (bicyclic) bond motifs is 4. The lowest BCUT2D eigenvalue weighted by Crippen LogP contribution is -2.52. The molecule has 0 aliphatic carbocycles. The summed E-state index contributed by atoms with van der Waals surface area (Å²) in [6.45, 7) is 1.68. The van der Waals surface area contributed by atoms with Gasteiger partial charge in [0.1, 0.15) is 17.9 Å². The molecule has 6 heterocycles. The molecule has 7 nitrogen and oxygen atoms in total. The van der Waals surface area contributed by atoms with Gasteiger partial charge in [0.2, 0.25) is 0 Å². The summed E-state index contributed by atoms with van der Waals surface area (Å²) < 4.78 is 49.0. The van der Waals surface area contributed by atoms with Gasteiger partial charge in [0.05, 0.1) is 17.5 Å². The van der Waals surface area contributed by atoms with Crippen LogP contribution >= 0.6 is 11.6 Å². The van der Waals surface area contributed by atoms with Gasteiger partial charge in [0.25, 0.3) is 5.92 Å². The zero-order valence-corrected chi connectivity index (χ0v) is 18.0. The molecule has 0 saturated carbocycles. The van der Waals surface area contributed by atoms with Crippen LogP contribution < -0.4 is 15.0 Å². The summed E-state index contributed by atoms with van der Waals surface area (Å²) in [5.74, 6) is -2.98. The number of ether oxygens (including phenoxy) is 1. The van der Waals surface area contributed by atoms with Crippen molar-refractivity contribution in [3.8, 4) is 6.01 Å². The first-order valence-corrected chi connectivity index (χ1v) is 11.2. The Balaban J connectivity index is 1.35. The van der Waals surface area contributed by atoms with Crippen LogP contribution in [0.4, 0.5) is 19.0 Å². The molecular formula is C21H22ClF3N6O. The minimum atomic E-state index is -2.74. The van der Waals surface area contributed by atoms with E-state index >= 15 is 0 Å². The molecule has 3 atom stereocenters. The Kier molecular flexibility index (Phi) is 4.58. The van der Waals surface area contributed by atoms with Crippen LogP contribution in [0, 0.1) is 5.82 Å². The second-order valence-corrected chi connectivity index (χ2v) is 9.55. The molecule has 2 aromatic rings. The zero-order valence-electron chi connectivity index (χ0n) is 17.2. The molecule has 1 unspecified atom stereocenters. The maximum Gasteiger partial charge on any atom is 0.319 e. The van der Waals surface area contributed by atoms with Crippen LogP contribution in [-0.4, -0.2) is 76.2 Å². The van der Waals surface area contributed by atoms with Crippen molar-refractivity contribution in [1.29, 1.82) is 0 Å². The quantitative estimate of drug-likeness (QED) is 0.549. The first-order chi connectivity index (χ1) is 15.3. The number of halogens is 4. The first-order valence-electron chi connectivity index (χ1n) is 10.8. The summed E-state index contributed by atoms with van der Waals surface area (Å²) in [5, 5.41) is 3.61. The predicted octanol–water partition coefficient (Wildman–Crippen LogP) is 2.79. The molecule has 6 rings (SSSR count). The van der Waals surface area contributed by atoms with Crippen LogP contribution in [0.15, 0.2) is 18.3 Å². The second-order valence-electron chi connectivity index (χ2n) is 9.20. The van der Waals surface area contributed by atoms with Crippen LogP contribution in [0.1, 0.15) is 19.3 Å². The average molecular weight is 467 g/mol. The summed E-state index contributed by atoms with van der Waals surface area (Å²) in [7, 11) is 0. The standard InChI is InChI=1S/C21H22ClF3N6O/c22-17-15(23)16-14(6-26-17)18(30-7-12-2-3-13(8-30)27-12)29-19(28-16)32-11-20-4-1-5-31(20)10-21(24,25)9-20/h2-3,6,12-13,27H,1,4-5,7-11H2/t12-,13+,20?. The lowest BCUT2D eigenvalue weighted by molar-refractivity contribution is 0.00804. The van der Waals surface area contributed by atoms with Gasteiger partial charge in [-0.2, -0.15) is 9.97 Å². The Morgan fingerprint density at radius 1 is 1.22 bits per heavy atom. The Morgan fingerprint density at radius 3 is 2.78 bits per heavy atom. The van der Waals surface area contributed by atoms with Crippen molar-refractivity contribution in [2.24, 2.45) is 0 Å². The van der Waals surface area contributed by atoms with Gasteiger partial charge in [-0.15, -0.1) is 0 Å². The Hall–Kier alpha value is -2.17. The Labute approximate surface area is 187 Å². The summed E-state index contributed by atoms with van der Waals surface area (Å²) in [4.78, 5) is 16.6. The fourth-order valence-electron chi connectivity index (χ4n) is 5.58. The number of hydrogen-bond acceptors (Lipinski definition) is 7. The van der Waals surface area contributed by atoms with Gasteiger partial charge in [-0.05, 0) is 19.4 Å². The number of alkyl halides is 2. The topological polar surface area (TPSA) is 66.4 Å².